The number of hydrogen-bond acceptors (Lipinski definition) is 5. The van der Waals surface area contributed by atoms with Gasteiger partial charge in [-0.1, -0.05) is 29.5 Å². The fraction of sp³-hybridized carbons (Fsp3) is 0.200. The maximum absolute atomic E-state index is 12.7. The average Bonchev–Trinajstić information content (AvgIpc) is 3.12. The number of fused-ring (bicyclic) bond motifs is 2. The van der Waals surface area contributed by atoms with Crippen molar-refractivity contribution in [3.63, 3.8) is 0 Å². The minimum atomic E-state index is -0.439. The Balaban J connectivity index is 2.13. The predicted octanol–water partition coefficient (Wildman–Crippen LogP) is -0.365. The second-order valence-electron chi connectivity index (χ2n) is 5.10. The zero-order valence-corrected chi connectivity index (χ0v) is 12.5. The zero-order valence-electron chi connectivity index (χ0n) is 11.7. The third-order valence-electron chi connectivity index (χ3n) is 3.81. The summed E-state index contributed by atoms with van der Waals surface area (Å²) in [4.78, 5) is 43.0. The van der Waals surface area contributed by atoms with Gasteiger partial charge in [0.15, 0.2) is 4.80 Å². The number of para-hydroxylation sites is 1. The summed E-state index contributed by atoms with van der Waals surface area (Å²) in [5.74, 6) is -0.798. The van der Waals surface area contributed by atoms with Crippen molar-refractivity contribution in [2.24, 2.45) is 4.99 Å². The summed E-state index contributed by atoms with van der Waals surface area (Å²) in [6, 6.07) is 7.03. The highest BCUT2D eigenvalue weighted by Crippen LogP contribution is 2.34. The summed E-state index contributed by atoms with van der Waals surface area (Å²) in [7, 11) is 0. The molecule has 0 N–H and O–H groups in total. The van der Waals surface area contributed by atoms with Crippen molar-refractivity contribution in [1.29, 1.82) is 0 Å². The first-order valence-electron chi connectivity index (χ1n) is 6.82. The quantitative estimate of drug-likeness (QED) is 0.666. The van der Waals surface area contributed by atoms with Crippen LogP contribution in [-0.4, -0.2) is 22.9 Å². The first kappa shape index (κ1) is 13.1. The normalized spacial score (nSPS) is 18.2. The van der Waals surface area contributed by atoms with E-state index in [4.69, 9.17) is 0 Å². The highest BCUT2D eigenvalue weighted by Gasteiger charge is 2.36. The first-order chi connectivity index (χ1) is 10.6. The van der Waals surface area contributed by atoms with E-state index in [1.165, 1.54) is 18.3 Å². The standard InChI is InChI=1S/C15H11N3O3S/c1-8(19)18-10-5-3-2-4-9(10)11(13(18)20)12-14(21)17-7-6-16-15(17)22-12/h2-5H,6-7H2,1H3/b12-11-. The van der Waals surface area contributed by atoms with Gasteiger partial charge in [-0.3, -0.25) is 23.9 Å². The van der Waals surface area contributed by atoms with Crippen LogP contribution in [0.3, 0.4) is 0 Å². The van der Waals surface area contributed by atoms with Crippen LogP contribution in [0, 0.1) is 0 Å². The number of carbonyl (C=O) groups excluding carboxylic acids is 2. The lowest BCUT2D eigenvalue weighted by molar-refractivity contribution is -0.122. The SMILES string of the molecule is CC(=O)N1C(=O)/C(=c2\sc3n(c2=O)CCN=3)c2ccccc21. The van der Waals surface area contributed by atoms with Crippen LogP contribution in [0.2, 0.25) is 0 Å². The Morgan fingerprint density at radius 2 is 2.05 bits per heavy atom. The van der Waals surface area contributed by atoms with Gasteiger partial charge in [-0.15, -0.1) is 0 Å². The van der Waals surface area contributed by atoms with Gasteiger partial charge in [-0.2, -0.15) is 0 Å². The monoisotopic (exact) mass is 313 g/mol. The number of benzene rings is 1. The van der Waals surface area contributed by atoms with E-state index in [1.807, 2.05) is 0 Å². The molecule has 6 nitrogen and oxygen atoms in total. The van der Waals surface area contributed by atoms with E-state index < -0.39 is 5.91 Å². The smallest absolute Gasteiger partial charge is 0.271 e. The molecule has 0 bridgehead atoms. The van der Waals surface area contributed by atoms with Gasteiger partial charge in [0.05, 0.1) is 17.8 Å². The van der Waals surface area contributed by atoms with E-state index in [2.05, 4.69) is 4.99 Å². The molecular weight excluding hydrogens is 302 g/mol. The fourth-order valence-corrected chi connectivity index (χ4v) is 3.99. The predicted molar refractivity (Wildman–Crippen MR) is 81.3 cm³/mol. The number of nitrogens with zero attached hydrogens (tertiary/aromatic N) is 3. The molecule has 2 aliphatic rings. The summed E-state index contributed by atoms with van der Waals surface area (Å²) in [5, 5.41) is 0. The van der Waals surface area contributed by atoms with Crippen LogP contribution < -0.4 is 19.8 Å². The van der Waals surface area contributed by atoms with Crippen molar-refractivity contribution in [2.45, 2.75) is 13.5 Å². The Morgan fingerprint density at radius 1 is 1.27 bits per heavy atom. The van der Waals surface area contributed by atoms with Crippen molar-refractivity contribution >= 4 is 34.4 Å². The number of thiazole rings is 1. The molecule has 3 heterocycles. The zero-order chi connectivity index (χ0) is 15.4. The van der Waals surface area contributed by atoms with Crippen LogP contribution >= 0.6 is 11.3 Å². The lowest BCUT2D eigenvalue weighted by Crippen LogP contribution is -2.36. The summed E-state index contributed by atoms with van der Waals surface area (Å²) >= 11 is 1.21. The first-order valence-corrected chi connectivity index (χ1v) is 7.64. The van der Waals surface area contributed by atoms with Gasteiger partial charge in [0.25, 0.3) is 11.5 Å². The molecule has 0 aliphatic carbocycles. The molecule has 7 heteroatoms. The molecule has 0 saturated heterocycles. The molecule has 2 amide bonds. The summed E-state index contributed by atoms with van der Waals surface area (Å²) in [6.07, 6.45) is 0. The molecule has 0 fully saturated rings. The maximum atomic E-state index is 12.7. The third kappa shape index (κ3) is 1.59. The largest absolute Gasteiger partial charge is 0.282 e. The Labute approximate surface area is 128 Å². The third-order valence-corrected chi connectivity index (χ3v) is 4.92. The molecule has 1 aromatic carbocycles. The van der Waals surface area contributed by atoms with E-state index in [9.17, 15) is 14.4 Å². The van der Waals surface area contributed by atoms with Crippen molar-refractivity contribution < 1.29 is 9.59 Å². The molecule has 2 aliphatic heterocycles. The van der Waals surface area contributed by atoms with E-state index in [0.717, 1.165) is 4.90 Å². The summed E-state index contributed by atoms with van der Waals surface area (Å²) in [5.41, 5.74) is 1.26. The van der Waals surface area contributed by atoms with Crippen LogP contribution in [0.25, 0.3) is 5.57 Å². The van der Waals surface area contributed by atoms with Crippen molar-refractivity contribution in [3.8, 4) is 0 Å². The molecule has 110 valence electrons. The molecule has 0 radical (unpaired) electrons. The Morgan fingerprint density at radius 3 is 2.77 bits per heavy atom. The Bertz CT molecular complexity index is 1020. The highest BCUT2D eigenvalue weighted by atomic mass is 32.1. The van der Waals surface area contributed by atoms with Crippen LogP contribution in [0.15, 0.2) is 34.1 Å². The van der Waals surface area contributed by atoms with Gasteiger partial charge in [-0.05, 0) is 6.07 Å². The number of anilines is 1. The molecular formula is C15H11N3O3S. The number of amides is 2. The molecule has 0 unspecified atom stereocenters. The van der Waals surface area contributed by atoms with Crippen LogP contribution in [-0.2, 0) is 16.1 Å². The van der Waals surface area contributed by atoms with Gasteiger partial charge in [0.1, 0.15) is 4.53 Å². The number of carbonyl (C=O) groups is 2. The molecule has 0 atom stereocenters. The van der Waals surface area contributed by atoms with Crippen LogP contribution in [0.4, 0.5) is 5.69 Å². The summed E-state index contributed by atoms with van der Waals surface area (Å²) in [6.45, 7) is 2.49. The fourth-order valence-electron chi connectivity index (χ4n) is 2.87. The highest BCUT2D eigenvalue weighted by molar-refractivity contribution is 7.07. The maximum Gasteiger partial charge on any atom is 0.271 e. The van der Waals surface area contributed by atoms with E-state index in [1.54, 1.807) is 28.8 Å². The van der Waals surface area contributed by atoms with E-state index in [0.29, 0.717) is 39.2 Å². The van der Waals surface area contributed by atoms with Crippen LogP contribution in [0.5, 0.6) is 0 Å². The second-order valence-corrected chi connectivity index (χ2v) is 6.08. The molecule has 0 saturated carbocycles. The Kier molecular flexibility index (Phi) is 2.67. The topological polar surface area (TPSA) is 71.7 Å². The number of hydrogen-bond donors (Lipinski definition) is 0. The van der Waals surface area contributed by atoms with E-state index in [-0.39, 0.29) is 11.5 Å². The second kappa shape index (κ2) is 4.48. The van der Waals surface area contributed by atoms with Crippen molar-refractivity contribution in [3.05, 3.63) is 49.5 Å². The van der Waals surface area contributed by atoms with Crippen molar-refractivity contribution in [1.82, 2.24) is 4.57 Å². The van der Waals surface area contributed by atoms with Gasteiger partial charge in [-0.25, -0.2) is 4.90 Å². The minimum absolute atomic E-state index is 0.204. The molecule has 4 rings (SSSR count). The van der Waals surface area contributed by atoms with Gasteiger partial charge >= 0.3 is 0 Å². The lowest BCUT2D eigenvalue weighted by atomic mass is 10.1. The number of imide groups is 1. The lowest BCUT2D eigenvalue weighted by Gasteiger charge is -2.11. The number of aromatic nitrogens is 1. The molecule has 2 aromatic rings. The molecule has 1 aromatic heterocycles. The Hall–Kier alpha value is -2.54. The number of rotatable bonds is 0. The van der Waals surface area contributed by atoms with Gasteiger partial charge in [0.2, 0.25) is 5.91 Å². The average molecular weight is 313 g/mol. The minimum Gasteiger partial charge on any atom is -0.282 e. The van der Waals surface area contributed by atoms with Gasteiger partial charge < -0.3 is 0 Å². The van der Waals surface area contributed by atoms with Crippen molar-refractivity contribution in [2.75, 3.05) is 11.4 Å². The summed E-state index contributed by atoms with van der Waals surface area (Å²) < 4.78 is 1.94. The van der Waals surface area contributed by atoms with E-state index >= 15 is 0 Å². The van der Waals surface area contributed by atoms with Gasteiger partial charge in [0, 0.05) is 19.0 Å². The van der Waals surface area contributed by atoms with Crippen LogP contribution in [0.1, 0.15) is 12.5 Å². The molecule has 22 heavy (non-hydrogen) atoms. The molecule has 0 spiro atoms.